The highest BCUT2D eigenvalue weighted by molar-refractivity contribution is 6.04. The minimum atomic E-state index is -0.490. The summed E-state index contributed by atoms with van der Waals surface area (Å²) in [5.74, 6) is 0.835. The fraction of sp³-hybridized carbons (Fsp3) is 0.294. The summed E-state index contributed by atoms with van der Waals surface area (Å²) in [6.07, 6.45) is 2.61. The van der Waals surface area contributed by atoms with E-state index in [0.717, 1.165) is 29.8 Å². The van der Waals surface area contributed by atoms with E-state index in [9.17, 15) is 4.79 Å². The number of nitrogens with two attached hydrogens (primary N) is 1. The van der Waals surface area contributed by atoms with Crippen molar-refractivity contribution in [2.45, 2.75) is 20.3 Å². The van der Waals surface area contributed by atoms with Gasteiger partial charge in [-0.2, -0.15) is 0 Å². The maximum absolute atomic E-state index is 11.9. The first-order chi connectivity index (χ1) is 10.7. The van der Waals surface area contributed by atoms with Crippen molar-refractivity contribution in [3.05, 3.63) is 42.1 Å². The average molecular weight is 299 g/mol. The average Bonchev–Trinajstić information content (AvgIpc) is 2.53. The van der Waals surface area contributed by atoms with Crippen LogP contribution in [0.2, 0.25) is 0 Å². The number of nitrogens with one attached hydrogen (secondary N) is 1. The van der Waals surface area contributed by atoms with E-state index in [1.165, 1.54) is 0 Å². The Labute approximate surface area is 130 Å². The van der Waals surface area contributed by atoms with E-state index in [4.69, 9.17) is 10.5 Å². The fourth-order valence-electron chi connectivity index (χ4n) is 2.23. The number of anilines is 1. The van der Waals surface area contributed by atoms with Crippen molar-refractivity contribution in [1.29, 1.82) is 0 Å². The normalized spacial score (nSPS) is 10.3. The Morgan fingerprint density at radius 3 is 2.55 bits per heavy atom. The van der Waals surface area contributed by atoms with Gasteiger partial charge in [0.25, 0.3) is 5.91 Å². The maximum atomic E-state index is 11.9. The first-order valence-electron chi connectivity index (χ1n) is 7.43. The predicted molar refractivity (Wildman–Crippen MR) is 88.1 cm³/mol. The molecule has 2 aromatic rings. The summed E-state index contributed by atoms with van der Waals surface area (Å²) in [5, 5.41) is 3.15. The summed E-state index contributed by atoms with van der Waals surface area (Å²) in [4.78, 5) is 16.1. The Bertz CT molecular complexity index is 639. The summed E-state index contributed by atoms with van der Waals surface area (Å²) in [7, 11) is 0. The number of hydrogen-bond donors (Lipinski definition) is 2. The largest absolute Gasteiger partial charge is 0.494 e. The number of pyridine rings is 1. The zero-order valence-electron chi connectivity index (χ0n) is 12.9. The number of ether oxygens (including phenoxy) is 1. The fourth-order valence-corrected chi connectivity index (χ4v) is 2.23. The van der Waals surface area contributed by atoms with Crippen LogP contribution in [0, 0.1) is 0 Å². The number of rotatable bonds is 7. The third kappa shape index (κ3) is 3.55. The summed E-state index contributed by atoms with van der Waals surface area (Å²) >= 11 is 0. The number of benzene rings is 1. The molecule has 0 fully saturated rings. The molecule has 0 radical (unpaired) electrons. The molecule has 22 heavy (non-hydrogen) atoms. The van der Waals surface area contributed by atoms with E-state index in [1.807, 2.05) is 38.1 Å². The van der Waals surface area contributed by atoms with Crippen LogP contribution in [-0.4, -0.2) is 24.0 Å². The van der Waals surface area contributed by atoms with Crippen molar-refractivity contribution < 1.29 is 9.53 Å². The topological polar surface area (TPSA) is 77.2 Å². The molecule has 1 aromatic heterocycles. The molecule has 1 amide bonds. The molecule has 2 rings (SSSR count). The van der Waals surface area contributed by atoms with Gasteiger partial charge in [-0.25, -0.2) is 4.98 Å². The third-order valence-corrected chi connectivity index (χ3v) is 3.22. The molecule has 5 heteroatoms. The number of carbonyl (C=O) groups is 1. The SMILES string of the molecule is CCCNc1nccc(-c2ccc(OCC)cc2)c1C(N)=O. The minimum absolute atomic E-state index is 0.417. The number of nitrogens with zero attached hydrogens (tertiary/aromatic N) is 1. The minimum Gasteiger partial charge on any atom is -0.494 e. The van der Waals surface area contributed by atoms with E-state index in [0.29, 0.717) is 18.0 Å². The first-order valence-corrected chi connectivity index (χ1v) is 7.43. The molecule has 0 bridgehead atoms. The lowest BCUT2D eigenvalue weighted by Gasteiger charge is -2.13. The van der Waals surface area contributed by atoms with Gasteiger partial charge in [-0.05, 0) is 42.7 Å². The van der Waals surface area contributed by atoms with Crippen LogP contribution < -0.4 is 15.8 Å². The smallest absolute Gasteiger partial charge is 0.253 e. The second-order valence-electron chi connectivity index (χ2n) is 4.83. The summed E-state index contributed by atoms with van der Waals surface area (Å²) < 4.78 is 5.43. The van der Waals surface area contributed by atoms with Crippen molar-refractivity contribution in [3.8, 4) is 16.9 Å². The third-order valence-electron chi connectivity index (χ3n) is 3.22. The van der Waals surface area contributed by atoms with Crippen LogP contribution in [0.4, 0.5) is 5.82 Å². The van der Waals surface area contributed by atoms with Crippen LogP contribution >= 0.6 is 0 Å². The van der Waals surface area contributed by atoms with E-state index in [1.54, 1.807) is 12.3 Å². The van der Waals surface area contributed by atoms with Gasteiger partial charge < -0.3 is 15.8 Å². The lowest BCUT2D eigenvalue weighted by molar-refractivity contribution is 0.100. The zero-order chi connectivity index (χ0) is 15.9. The molecule has 0 atom stereocenters. The quantitative estimate of drug-likeness (QED) is 0.823. The monoisotopic (exact) mass is 299 g/mol. The molecule has 0 unspecified atom stereocenters. The number of aromatic nitrogens is 1. The Morgan fingerprint density at radius 1 is 1.23 bits per heavy atom. The van der Waals surface area contributed by atoms with Gasteiger partial charge in [0.1, 0.15) is 11.6 Å². The van der Waals surface area contributed by atoms with Crippen LogP contribution in [0.15, 0.2) is 36.5 Å². The van der Waals surface area contributed by atoms with Crippen LogP contribution in [0.25, 0.3) is 11.1 Å². The van der Waals surface area contributed by atoms with Gasteiger partial charge in [0.15, 0.2) is 0 Å². The molecule has 5 nitrogen and oxygen atoms in total. The van der Waals surface area contributed by atoms with Gasteiger partial charge in [-0.15, -0.1) is 0 Å². The highest BCUT2D eigenvalue weighted by Crippen LogP contribution is 2.29. The molecular weight excluding hydrogens is 278 g/mol. The molecule has 0 aliphatic rings. The Morgan fingerprint density at radius 2 is 1.95 bits per heavy atom. The molecule has 1 heterocycles. The molecule has 0 aliphatic heterocycles. The highest BCUT2D eigenvalue weighted by atomic mass is 16.5. The van der Waals surface area contributed by atoms with Gasteiger partial charge in [0.05, 0.1) is 12.2 Å². The zero-order valence-corrected chi connectivity index (χ0v) is 12.9. The van der Waals surface area contributed by atoms with Crippen molar-refractivity contribution in [2.24, 2.45) is 5.73 Å². The van der Waals surface area contributed by atoms with Gasteiger partial charge >= 0.3 is 0 Å². The molecule has 0 spiro atoms. The summed E-state index contributed by atoms with van der Waals surface area (Å²) in [6.45, 7) is 5.34. The lowest BCUT2D eigenvalue weighted by Crippen LogP contribution is -2.17. The summed E-state index contributed by atoms with van der Waals surface area (Å²) in [5.41, 5.74) is 7.64. The maximum Gasteiger partial charge on any atom is 0.253 e. The van der Waals surface area contributed by atoms with Gasteiger partial charge in [-0.3, -0.25) is 4.79 Å². The lowest BCUT2D eigenvalue weighted by atomic mass is 10.00. The van der Waals surface area contributed by atoms with E-state index >= 15 is 0 Å². The number of hydrogen-bond acceptors (Lipinski definition) is 4. The number of primary amides is 1. The second-order valence-corrected chi connectivity index (χ2v) is 4.83. The standard InChI is InChI=1S/C17H21N3O2/c1-3-10-19-17-15(16(18)21)14(9-11-20-17)12-5-7-13(8-6-12)22-4-2/h5-9,11H,3-4,10H2,1-2H3,(H2,18,21)(H,19,20). The van der Waals surface area contributed by atoms with Gasteiger partial charge in [-0.1, -0.05) is 19.1 Å². The second kappa shape index (κ2) is 7.45. The van der Waals surface area contributed by atoms with E-state index in [-0.39, 0.29) is 0 Å². The Balaban J connectivity index is 2.42. The van der Waals surface area contributed by atoms with Gasteiger partial charge in [0, 0.05) is 12.7 Å². The van der Waals surface area contributed by atoms with E-state index < -0.39 is 5.91 Å². The van der Waals surface area contributed by atoms with Crippen molar-refractivity contribution >= 4 is 11.7 Å². The van der Waals surface area contributed by atoms with Crippen LogP contribution in [0.5, 0.6) is 5.75 Å². The predicted octanol–water partition coefficient (Wildman–Crippen LogP) is 3.07. The molecule has 1 aromatic carbocycles. The molecule has 0 saturated heterocycles. The number of carbonyl (C=O) groups excluding carboxylic acids is 1. The van der Waals surface area contributed by atoms with Crippen molar-refractivity contribution in [3.63, 3.8) is 0 Å². The number of amides is 1. The van der Waals surface area contributed by atoms with Gasteiger partial charge in [0.2, 0.25) is 0 Å². The molecular formula is C17H21N3O2. The van der Waals surface area contributed by atoms with Crippen LogP contribution in [-0.2, 0) is 0 Å². The first kappa shape index (κ1) is 15.8. The highest BCUT2D eigenvalue weighted by Gasteiger charge is 2.16. The molecule has 3 N–H and O–H groups in total. The molecule has 116 valence electrons. The summed E-state index contributed by atoms with van der Waals surface area (Å²) in [6, 6.07) is 9.38. The van der Waals surface area contributed by atoms with Crippen LogP contribution in [0.3, 0.4) is 0 Å². The van der Waals surface area contributed by atoms with Crippen molar-refractivity contribution in [2.75, 3.05) is 18.5 Å². The van der Waals surface area contributed by atoms with Crippen molar-refractivity contribution in [1.82, 2.24) is 4.98 Å². The molecule has 0 saturated carbocycles. The Hall–Kier alpha value is -2.56. The van der Waals surface area contributed by atoms with Crippen LogP contribution in [0.1, 0.15) is 30.6 Å². The molecule has 0 aliphatic carbocycles. The Kier molecular flexibility index (Phi) is 5.36. The van der Waals surface area contributed by atoms with E-state index in [2.05, 4.69) is 10.3 Å².